The summed E-state index contributed by atoms with van der Waals surface area (Å²) < 4.78 is 17.1. The number of methoxy groups -OCH3 is 1. The van der Waals surface area contributed by atoms with Crippen molar-refractivity contribution in [1.82, 2.24) is 15.1 Å². The maximum atomic E-state index is 13.5. The standard InChI is InChI=1S/C23H20ClN3O4/c1-29-13-17-15-6-3-5-9-19(15)30-21(17)23(28)27(14-10-11-14)12-20-25-26-22(31-20)16-7-2-4-8-18(16)24/h2-9,14H,10-13H2,1H3. The van der Waals surface area contributed by atoms with E-state index in [0.29, 0.717) is 33.7 Å². The van der Waals surface area contributed by atoms with Crippen LogP contribution in [0.3, 0.4) is 0 Å². The molecule has 158 valence electrons. The maximum Gasteiger partial charge on any atom is 0.290 e. The normalized spacial score (nSPS) is 13.6. The van der Waals surface area contributed by atoms with Crippen LogP contribution in [0.5, 0.6) is 0 Å². The molecule has 1 saturated carbocycles. The molecule has 2 aromatic carbocycles. The number of halogens is 1. The highest BCUT2D eigenvalue weighted by atomic mass is 35.5. The Morgan fingerprint density at radius 1 is 1.13 bits per heavy atom. The van der Waals surface area contributed by atoms with Crippen molar-refractivity contribution in [2.75, 3.05) is 7.11 Å². The van der Waals surface area contributed by atoms with Gasteiger partial charge in [-0.25, -0.2) is 0 Å². The third-order valence-electron chi connectivity index (χ3n) is 5.31. The number of hydrogen-bond donors (Lipinski definition) is 0. The van der Waals surface area contributed by atoms with Crippen LogP contribution in [0.25, 0.3) is 22.4 Å². The molecule has 0 spiro atoms. The largest absolute Gasteiger partial charge is 0.451 e. The van der Waals surface area contributed by atoms with Crippen molar-refractivity contribution >= 4 is 28.5 Å². The molecule has 2 heterocycles. The summed E-state index contributed by atoms with van der Waals surface area (Å²) in [5.41, 5.74) is 2.07. The summed E-state index contributed by atoms with van der Waals surface area (Å²) >= 11 is 6.23. The molecular formula is C23H20ClN3O4. The van der Waals surface area contributed by atoms with Crippen LogP contribution in [-0.4, -0.2) is 34.2 Å². The molecule has 0 radical (unpaired) electrons. The van der Waals surface area contributed by atoms with Crippen LogP contribution in [0.1, 0.15) is 34.9 Å². The Hall–Kier alpha value is -3.16. The number of para-hydroxylation sites is 1. The molecule has 2 aromatic heterocycles. The van der Waals surface area contributed by atoms with E-state index in [1.54, 1.807) is 18.1 Å². The van der Waals surface area contributed by atoms with Crippen molar-refractivity contribution in [1.29, 1.82) is 0 Å². The zero-order chi connectivity index (χ0) is 21.4. The Kier molecular flexibility index (Phi) is 5.21. The van der Waals surface area contributed by atoms with E-state index in [2.05, 4.69) is 10.2 Å². The number of benzene rings is 2. The molecule has 1 amide bonds. The van der Waals surface area contributed by atoms with E-state index >= 15 is 0 Å². The number of aromatic nitrogens is 2. The number of carbonyl (C=O) groups is 1. The highest BCUT2D eigenvalue weighted by Crippen LogP contribution is 2.34. The Bertz CT molecular complexity index is 1240. The molecule has 0 unspecified atom stereocenters. The highest BCUT2D eigenvalue weighted by molar-refractivity contribution is 6.33. The molecule has 0 saturated heterocycles. The fourth-order valence-corrected chi connectivity index (χ4v) is 3.87. The first-order valence-corrected chi connectivity index (χ1v) is 10.4. The zero-order valence-corrected chi connectivity index (χ0v) is 17.6. The Balaban J connectivity index is 1.45. The fraction of sp³-hybridized carbons (Fsp3) is 0.261. The summed E-state index contributed by atoms with van der Waals surface area (Å²) in [7, 11) is 1.60. The third kappa shape index (κ3) is 3.82. The van der Waals surface area contributed by atoms with Crippen molar-refractivity contribution in [2.45, 2.75) is 32.0 Å². The first-order chi connectivity index (χ1) is 15.2. The van der Waals surface area contributed by atoms with Gasteiger partial charge in [-0.2, -0.15) is 0 Å². The number of nitrogens with zero attached hydrogens (tertiary/aromatic N) is 3. The van der Waals surface area contributed by atoms with Crippen LogP contribution in [0.2, 0.25) is 5.02 Å². The number of ether oxygens (including phenoxy) is 1. The number of rotatable bonds is 7. The van der Waals surface area contributed by atoms with Gasteiger partial charge in [-0.15, -0.1) is 10.2 Å². The molecule has 1 aliphatic carbocycles. The molecular weight excluding hydrogens is 418 g/mol. The quantitative estimate of drug-likeness (QED) is 0.400. The van der Waals surface area contributed by atoms with Gasteiger partial charge in [-0.1, -0.05) is 41.9 Å². The van der Waals surface area contributed by atoms with Gasteiger partial charge in [0.2, 0.25) is 11.8 Å². The van der Waals surface area contributed by atoms with Crippen molar-refractivity contribution < 1.29 is 18.4 Å². The predicted molar refractivity (Wildman–Crippen MR) is 115 cm³/mol. The Morgan fingerprint density at radius 2 is 1.90 bits per heavy atom. The van der Waals surface area contributed by atoms with Crippen molar-refractivity contribution in [3.05, 3.63) is 70.8 Å². The number of fused-ring (bicyclic) bond motifs is 1. The second kappa shape index (κ2) is 8.17. The van der Waals surface area contributed by atoms with Crippen LogP contribution in [0.4, 0.5) is 0 Å². The van der Waals surface area contributed by atoms with Gasteiger partial charge in [0.25, 0.3) is 5.91 Å². The number of amides is 1. The average Bonchev–Trinajstić information content (AvgIpc) is 3.41. The lowest BCUT2D eigenvalue weighted by Crippen LogP contribution is -2.33. The summed E-state index contributed by atoms with van der Waals surface area (Å²) in [6, 6.07) is 15.0. The Labute approximate surface area is 183 Å². The molecule has 1 fully saturated rings. The Morgan fingerprint density at radius 3 is 2.68 bits per heavy atom. The van der Waals surface area contributed by atoms with Gasteiger partial charge in [-0.05, 0) is 31.0 Å². The van der Waals surface area contributed by atoms with E-state index in [-0.39, 0.29) is 25.1 Å². The second-order valence-corrected chi connectivity index (χ2v) is 7.89. The van der Waals surface area contributed by atoms with Crippen molar-refractivity contribution in [2.24, 2.45) is 0 Å². The van der Waals surface area contributed by atoms with Gasteiger partial charge in [0.1, 0.15) is 5.58 Å². The van der Waals surface area contributed by atoms with Gasteiger partial charge in [0.05, 0.1) is 23.7 Å². The minimum absolute atomic E-state index is 0.117. The van der Waals surface area contributed by atoms with Gasteiger partial charge in [-0.3, -0.25) is 4.79 Å². The summed E-state index contributed by atoms with van der Waals surface area (Å²) in [5.74, 6) is 0.760. The monoisotopic (exact) mass is 437 g/mol. The molecule has 7 nitrogen and oxygen atoms in total. The molecule has 0 bridgehead atoms. The predicted octanol–water partition coefficient (Wildman–Crippen LogP) is 5.09. The van der Waals surface area contributed by atoms with Gasteiger partial charge < -0.3 is 18.5 Å². The molecule has 0 atom stereocenters. The average molecular weight is 438 g/mol. The summed E-state index contributed by atoms with van der Waals surface area (Å²) in [5, 5.41) is 9.65. The lowest BCUT2D eigenvalue weighted by Gasteiger charge is -2.19. The highest BCUT2D eigenvalue weighted by Gasteiger charge is 2.37. The van der Waals surface area contributed by atoms with E-state index in [9.17, 15) is 4.79 Å². The van der Waals surface area contributed by atoms with Crippen molar-refractivity contribution in [3.63, 3.8) is 0 Å². The molecule has 8 heteroatoms. The minimum atomic E-state index is -0.205. The number of hydrogen-bond acceptors (Lipinski definition) is 6. The fourth-order valence-electron chi connectivity index (χ4n) is 3.65. The first-order valence-electron chi connectivity index (χ1n) is 10.0. The number of furan rings is 1. The van der Waals surface area contributed by atoms with E-state index in [1.807, 2.05) is 42.5 Å². The summed E-state index contributed by atoms with van der Waals surface area (Å²) in [4.78, 5) is 15.2. The van der Waals surface area contributed by atoms with Crippen molar-refractivity contribution in [3.8, 4) is 11.5 Å². The molecule has 5 rings (SSSR count). The van der Waals surface area contributed by atoms with Crippen LogP contribution in [-0.2, 0) is 17.9 Å². The summed E-state index contributed by atoms with van der Waals surface area (Å²) in [6.45, 7) is 0.484. The van der Waals surface area contributed by atoms with Gasteiger partial charge in [0.15, 0.2) is 5.76 Å². The molecule has 4 aromatic rings. The van der Waals surface area contributed by atoms with Crippen LogP contribution in [0.15, 0.2) is 57.4 Å². The molecule has 1 aliphatic rings. The molecule has 31 heavy (non-hydrogen) atoms. The van der Waals surface area contributed by atoms with Crippen LogP contribution < -0.4 is 0 Å². The second-order valence-electron chi connectivity index (χ2n) is 7.48. The maximum absolute atomic E-state index is 13.5. The van der Waals surface area contributed by atoms with Gasteiger partial charge in [0, 0.05) is 24.1 Å². The summed E-state index contributed by atoms with van der Waals surface area (Å²) in [6.07, 6.45) is 1.86. The smallest absolute Gasteiger partial charge is 0.290 e. The first kappa shape index (κ1) is 19.8. The zero-order valence-electron chi connectivity index (χ0n) is 16.9. The van der Waals surface area contributed by atoms with E-state index in [4.69, 9.17) is 25.2 Å². The topological polar surface area (TPSA) is 81.6 Å². The SMILES string of the molecule is COCc1c(C(=O)N(Cc2nnc(-c3ccccc3Cl)o2)C2CC2)oc2ccccc12. The van der Waals surface area contributed by atoms with E-state index < -0.39 is 0 Å². The lowest BCUT2D eigenvalue weighted by atomic mass is 10.1. The van der Waals surface area contributed by atoms with E-state index in [0.717, 1.165) is 23.8 Å². The van der Waals surface area contributed by atoms with Crippen LogP contribution >= 0.6 is 11.6 Å². The molecule has 0 N–H and O–H groups in total. The van der Waals surface area contributed by atoms with Gasteiger partial charge >= 0.3 is 0 Å². The van der Waals surface area contributed by atoms with E-state index in [1.165, 1.54) is 0 Å². The lowest BCUT2D eigenvalue weighted by molar-refractivity contribution is 0.0678. The molecule has 0 aliphatic heterocycles. The number of carbonyl (C=O) groups excluding carboxylic acids is 1. The van der Waals surface area contributed by atoms with Crippen LogP contribution in [0, 0.1) is 0 Å². The minimum Gasteiger partial charge on any atom is -0.451 e. The third-order valence-corrected chi connectivity index (χ3v) is 5.64.